The Hall–Kier alpha value is -0.920. The molecule has 0 radical (unpaired) electrons. The molecule has 12 heavy (non-hydrogen) atoms. The van der Waals surface area contributed by atoms with Crippen LogP contribution in [0.5, 0.6) is 0 Å². The third-order valence-electron chi connectivity index (χ3n) is 1.85. The van der Waals surface area contributed by atoms with Crippen LogP contribution in [-0.2, 0) is 6.42 Å². The zero-order chi connectivity index (χ0) is 8.81. The molecule has 1 heterocycles. The SMILES string of the molecule is CCCCCc1nccc(C)n1. The van der Waals surface area contributed by atoms with Gasteiger partial charge in [-0.2, -0.15) is 0 Å². The van der Waals surface area contributed by atoms with Gasteiger partial charge >= 0.3 is 0 Å². The smallest absolute Gasteiger partial charge is 0.128 e. The van der Waals surface area contributed by atoms with Crippen molar-refractivity contribution >= 4 is 0 Å². The van der Waals surface area contributed by atoms with E-state index in [9.17, 15) is 0 Å². The number of aromatic nitrogens is 2. The van der Waals surface area contributed by atoms with Crippen LogP contribution in [0, 0.1) is 6.92 Å². The lowest BCUT2D eigenvalue weighted by Gasteiger charge is -1.98. The zero-order valence-electron chi connectivity index (χ0n) is 7.88. The van der Waals surface area contributed by atoms with E-state index in [2.05, 4.69) is 16.9 Å². The molecule has 0 aliphatic carbocycles. The summed E-state index contributed by atoms with van der Waals surface area (Å²) in [6, 6.07) is 1.93. The highest BCUT2D eigenvalue weighted by Crippen LogP contribution is 2.01. The number of hydrogen-bond acceptors (Lipinski definition) is 2. The Labute approximate surface area is 74.1 Å². The van der Waals surface area contributed by atoms with Crippen LogP contribution in [0.25, 0.3) is 0 Å². The van der Waals surface area contributed by atoms with Gasteiger partial charge in [0.2, 0.25) is 0 Å². The van der Waals surface area contributed by atoms with E-state index in [1.165, 1.54) is 19.3 Å². The number of nitrogens with zero attached hydrogens (tertiary/aromatic N) is 2. The Bertz CT molecular complexity index is 233. The van der Waals surface area contributed by atoms with Gasteiger partial charge in [0.1, 0.15) is 5.82 Å². The first kappa shape index (κ1) is 9.17. The molecule has 66 valence electrons. The molecule has 0 amide bonds. The summed E-state index contributed by atoms with van der Waals surface area (Å²) in [6.45, 7) is 4.21. The van der Waals surface area contributed by atoms with Crippen molar-refractivity contribution in [2.75, 3.05) is 0 Å². The molecule has 0 aliphatic heterocycles. The van der Waals surface area contributed by atoms with Crippen LogP contribution < -0.4 is 0 Å². The monoisotopic (exact) mass is 164 g/mol. The van der Waals surface area contributed by atoms with Gasteiger partial charge in [0.15, 0.2) is 0 Å². The quantitative estimate of drug-likeness (QED) is 0.639. The maximum atomic E-state index is 4.33. The second-order valence-corrected chi connectivity index (χ2v) is 3.07. The molecule has 0 aromatic carbocycles. The van der Waals surface area contributed by atoms with Crippen LogP contribution in [-0.4, -0.2) is 9.97 Å². The van der Waals surface area contributed by atoms with E-state index >= 15 is 0 Å². The molecule has 2 nitrogen and oxygen atoms in total. The lowest BCUT2D eigenvalue weighted by Crippen LogP contribution is -1.95. The first-order chi connectivity index (χ1) is 5.83. The van der Waals surface area contributed by atoms with E-state index in [4.69, 9.17) is 0 Å². The molecule has 0 spiro atoms. The first-order valence-electron chi connectivity index (χ1n) is 4.61. The Balaban J connectivity index is 2.41. The van der Waals surface area contributed by atoms with Gasteiger partial charge in [-0.15, -0.1) is 0 Å². The molecule has 0 saturated heterocycles. The molecular formula is C10H16N2. The van der Waals surface area contributed by atoms with Gasteiger partial charge in [0, 0.05) is 18.3 Å². The molecule has 2 heteroatoms. The minimum absolute atomic E-state index is 0.989. The minimum Gasteiger partial charge on any atom is -0.241 e. The summed E-state index contributed by atoms with van der Waals surface area (Å²) in [5, 5.41) is 0. The van der Waals surface area contributed by atoms with E-state index in [1.807, 2.05) is 19.2 Å². The average molecular weight is 164 g/mol. The molecule has 0 N–H and O–H groups in total. The predicted molar refractivity (Wildman–Crippen MR) is 50.0 cm³/mol. The third kappa shape index (κ3) is 2.99. The van der Waals surface area contributed by atoms with E-state index in [0.717, 1.165) is 17.9 Å². The molecule has 1 aromatic rings. The maximum absolute atomic E-state index is 4.33. The lowest BCUT2D eigenvalue weighted by atomic mass is 10.2. The number of aryl methyl sites for hydroxylation is 2. The lowest BCUT2D eigenvalue weighted by molar-refractivity contribution is 0.691. The van der Waals surface area contributed by atoms with Crippen molar-refractivity contribution < 1.29 is 0 Å². The Morgan fingerprint density at radius 3 is 2.83 bits per heavy atom. The highest BCUT2D eigenvalue weighted by atomic mass is 14.9. The van der Waals surface area contributed by atoms with Crippen LogP contribution in [0.4, 0.5) is 0 Å². The van der Waals surface area contributed by atoms with Crippen LogP contribution in [0.15, 0.2) is 12.3 Å². The second-order valence-electron chi connectivity index (χ2n) is 3.07. The van der Waals surface area contributed by atoms with Gasteiger partial charge in [0.05, 0.1) is 0 Å². The molecular weight excluding hydrogens is 148 g/mol. The Morgan fingerprint density at radius 2 is 2.17 bits per heavy atom. The van der Waals surface area contributed by atoms with Crippen molar-refractivity contribution in [2.45, 2.75) is 39.5 Å². The highest BCUT2D eigenvalue weighted by molar-refractivity contribution is 4.99. The zero-order valence-corrected chi connectivity index (χ0v) is 7.88. The van der Waals surface area contributed by atoms with Crippen LogP contribution >= 0.6 is 0 Å². The normalized spacial score (nSPS) is 10.2. The largest absolute Gasteiger partial charge is 0.241 e. The molecule has 1 aromatic heterocycles. The fourth-order valence-corrected chi connectivity index (χ4v) is 1.15. The van der Waals surface area contributed by atoms with Crippen LogP contribution in [0.1, 0.15) is 37.7 Å². The van der Waals surface area contributed by atoms with Crippen molar-refractivity contribution in [3.63, 3.8) is 0 Å². The number of unbranched alkanes of at least 4 members (excludes halogenated alkanes) is 2. The maximum Gasteiger partial charge on any atom is 0.128 e. The fraction of sp³-hybridized carbons (Fsp3) is 0.600. The van der Waals surface area contributed by atoms with Gasteiger partial charge in [-0.3, -0.25) is 0 Å². The molecule has 0 fully saturated rings. The van der Waals surface area contributed by atoms with Crippen molar-refractivity contribution in [3.8, 4) is 0 Å². The van der Waals surface area contributed by atoms with E-state index in [1.54, 1.807) is 0 Å². The standard InChI is InChI=1S/C10H16N2/c1-3-4-5-6-10-11-8-7-9(2)12-10/h7-8H,3-6H2,1-2H3. The summed E-state index contributed by atoms with van der Waals surface area (Å²) >= 11 is 0. The summed E-state index contributed by atoms with van der Waals surface area (Å²) in [6.07, 6.45) is 6.60. The summed E-state index contributed by atoms with van der Waals surface area (Å²) in [7, 11) is 0. The second kappa shape index (κ2) is 4.86. The van der Waals surface area contributed by atoms with Crippen molar-refractivity contribution in [1.29, 1.82) is 0 Å². The summed E-state index contributed by atoms with van der Waals surface area (Å²) in [4.78, 5) is 8.53. The third-order valence-corrected chi connectivity index (χ3v) is 1.85. The minimum atomic E-state index is 0.989. The Kier molecular flexibility index (Phi) is 3.71. The Morgan fingerprint density at radius 1 is 1.33 bits per heavy atom. The van der Waals surface area contributed by atoms with Gasteiger partial charge in [0.25, 0.3) is 0 Å². The summed E-state index contributed by atoms with van der Waals surface area (Å²) < 4.78 is 0. The van der Waals surface area contributed by atoms with Crippen LogP contribution in [0.3, 0.4) is 0 Å². The molecule has 1 rings (SSSR count). The van der Waals surface area contributed by atoms with Gasteiger partial charge in [-0.1, -0.05) is 19.8 Å². The van der Waals surface area contributed by atoms with Crippen LogP contribution in [0.2, 0.25) is 0 Å². The van der Waals surface area contributed by atoms with E-state index in [-0.39, 0.29) is 0 Å². The van der Waals surface area contributed by atoms with Gasteiger partial charge < -0.3 is 0 Å². The molecule has 0 atom stereocenters. The van der Waals surface area contributed by atoms with Crippen molar-refractivity contribution in [3.05, 3.63) is 23.8 Å². The average Bonchev–Trinajstić information content (AvgIpc) is 2.05. The molecule has 0 bridgehead atoms. The van der Waals surface area contributed by atoms with Gasteiger partial charge in [-0.25, -0.2) is 9.97 Å². The molecule has 0 aliphatic rings. The fourth-order valence-electron chi connectivity index (χ4n) is 1.15. The van der Waals surface area contributed by atoms with E-state index < -0.39 is 0 Å². The summed E-state index contributed by atoms with van der Waals surface area (Å²) in [5.74, 6) is 0.989. The number of rotatable bonds is 4. The van der Waals surface area contributed by atoms with Crippen molar-refractivity contribution in [2.24, 2.45) is 0 Å². The first-order valence-corrected chi connectivity index (χ1v) is 4.61. The highest BCUT2D eigenvalue weighted by Gasteiger charge is 1.95. The summed E-state index contributed by atoms with van der Waals surface area (Å²) in [5.41, 5.74) is 1.07. The predicted octanol–water partition coefficient (Wildman–Crippen LogP) is 2.52. The number of hydrogen-bond donors (Lipinski definition) is 0. The molecule has 0 unspecified atom stereocenters. The van der Waals surface area contributed by atoms with E-state index in [0.29, 0.717) is 0 Å². The molecule has 0 saturated carbocycles. The van der Waals surface area contributed by atoms with Gasteiger partial charge in [-0.05, 0) is 19.4 Å². The topological polar surface area (TPSA) is 25.8 Å². The van der Waals surface area contributed by atoms with Crippen molar-refractivity contribution in [1.82, 2.24) is 9.97 Å².